The molecule has 0 heterocycles. The second-order valence-electron chi connectivity index (χ2n) is 3.92. The minimum Gasteiger partial charge on any atom is -0.357 e. The zero-order chi connectivity index (χ0) is 12.6. The van der Waals surface area contributed by atoms with E-state index in [1.165, 1.54) is 0 Å². The molecule has 0 spiro atoms. The summed E-state index contributed by atoms with van der Waals surface area (Å²) in [5.41, 5.74) is 5.33. The predicted octanol–water partition coefficient (Wildman–Crippen LogP) is 2.90. The summed E-state index contributed by atoms with van der Waals surface area (Å²) in [5, 5.41) is 0. The van der Waals surface area contributed by atoms with Crippen LogP contribution in [0.4, 0.5) is 0 Å². The molecule has 0 aliphatic rings. The molecule has 1 N–H and O–H groups in total. The van der Waals surface area contributed by atoms with Crippen molar-refractivity contribution < 1.29 is 9.57 Å². The lowest BCUT2D eigenvalue weighted by Gasteiger charge is -2.19. The van der Waals surface area contributed by atoms with Gasteiger partial charge in [-0.2, -0.15) is 5.48 Å². The van der Waals surface area contributed by atoms with Crippen LogP contribution in [0.5, 0.6) is 0 Å². The van der Waals surface area contributed by atoms with E-state index in [9.17, 15) is 0 Å². The molecule has 0 amide bonds. The third-order valence-corrected chi connectivity index (χ3v) is 2.64. The molecule has 0 unspecified atom stereocenters. The lowest BCUT2D eigenvalue weighted by Crippen LogP contribution is -2.23. The third kappa shape index (κ3) is 3.40. The van der Waals surface area contributed by atoms with Gasteiger partial charge in [0.2, 0.25) is 0 Å². The molecule has 0 saturated carbocycles. The molecule has 0 bridgehead atoms. The Morgan fingerprint density at radius 3 is 1.83 bits per heavy atom. The van der Waals surface area contributed by atoms with Gasteiger partial charge in [-0.25, -0.2) is 0 Å². The quantitative estimate of drug-likeness (QED) is 0.481. The van der Waals surface area contributed by atoms with Gasteiger partial charge in [0.15, 0.2) is 6.79 Å². The van der Waals surface area contributed by atoms with E-state index >= 15 is 0 Å². The van der Waals surface area contributed by atoms with Crippen LogP contribution in [0.25, 0.3) is 0 Å². The first-order valence-electron chi connectivity index (χ1n) is 5.88. The average molecular weight is 243 g/mol. The van der Waals surface area contributed by atoms with Crippen molar-refractivity contribution in [1.82, 2.24) is 5.48 Å². The monoisotopic (exact) mass is 243 g/mol. The van der Waals surface area contributed by atoms with Gasteiger partial charge in [-0.3, -0.25) is 4.84 Å². The zero-order valence-corrected chi connectivity index (χ0v) is 10.4. The molecule has 0 fully saturated rings. The van der Waals surface area contributed by atoms with Crippen molar-refractivity contribution in [3.05, 3.63) is 71.8 Å². The summed E-state index contributed by atoms with van der Waals surface area (Å²) in [6.07, 6.45) is 0. The number of methoxy groups -OCH3 is 1. The number of hydrogen-bond acceptors (Lipinski definition) is 3. The fourth-order valence-corrected chi connectivity index (χ4v) is 1.80. The molecule has 3 nitrogen and oxygen atoms in total. The summed E-state index contributed by atoms with van der Waals surface area (Å²) < 4.78 is 4.88. The summed E-state index contributed by atoms with van der Waals surface area (Å²) in [6, 6.07) is 20.4. The Kier molecular flexibility index (Phi) is 4.90. The number of nitrogens with one attached hydrogen (secondary N) is 1. The van der Waals surface area contributed by atoms with Gasteiger partial charge in [0, 0.05) is 7.11 Å². The van der Waals surface area contributed by atoms with E-state index < -0.39 is 0 Å². The number of hydrogen-bond donors (Lipinski definition) is 1. The smallest absolute Gasteiger partial charge is 0.166 e. The SMILES string of the molecule is COCONC(c1ccccc1)c1ccccc1. The average Bonchev–Trinajstić information content (AvgIpc) is 2.46. The fourth-order valence-electron chi connectivity index (χ4n) is 1.80. The van der Waals surface area contributed by atoms with Crippen molar-refractivity contribution in [2.45, 2.75) is 6.04 Å². The van der Waals surface area contributed by atoms with Gasteiger partial charge in [0.25, 0.3) is 0 Å². The highest BCUT2D eigenvalue weighted by Gasteiger charge is 2.12. The molecular formula is C15H17NO2. The summed E-state index contributed by atoms with van der Waals surface area (Å²) in [5.74, 6) is 0. The van der Waals surface area contributed by atoms with Crippen LogP contribution in [0.15, 0.2) is 60.7 Å². The summed E-state index contributed by atoms with van der Waals surface area (Å²) in [6.45, 7) is 0.218. The largest absolute Gasteiger partial charge is 0.357 e. The second-order valence-corrected chi connectivity index (χ2v) is 3.92. The van der Waals surface area contributed by atoms with E-state index in [-0.39, 0.29) is 12.8 Å². The molecule has 2 aromatic rings. The van der Waals surface area contributed by atoms with E-state index in [0.717, 1.165) is 11.1 Å². The van der Waals surface area contributed by atoms with Crippen LogP contribution >= 0.6 is 0 Å². The molecule has 0 radical (unpaired) electrons. The molecule has 0 aromatic heterocycles. The Morgan fingerprint density at radius 2 is 1.39 bits per heavy atom. The van der Waals surface area contributed by atoms with Gasteiger partial charge in [0.05, 0.1) is 6.04 Å². The van der Waals surface area contributed by atoms with Gasteiger partial charge in [0.1, 0.15) is 0 Å². The maximum absolute atomic E-state index is 5.28. The minimum absolute atomic E-state index is 0.00236. The Hall–Kier alpha value is -1.68. The maximum atomic E-state index is 5.28. The van der Waals surface area contributed by atoms with Gasteiger partial charge >= 0.3 is 0 Å². The Morgan fingerprint density at radius 1 is 0.889 bits per heavy atom. The van der Waals surface area contributed by atoms with Crippen LogP contribution in [-0.4, -0.2) is 13.9 Å². The molecular weight excluding hydrogens is 226 g/mol. The van der Waals surface area contributed by atoms with Crippen molar-refractivity contribution in [2.75, 3.05) is 13.9 Å². The van der Waals surface area contributed by atoms with E-state index in [1.807, 2.05) is 36.4 Å². The first kappa shape index (κ1) is 12.8. The topological polar surface area (TPSA) is 30.5 Å². The minimum atomic E-state index is 0.00236. The van der Waals surface area contributed by atoms with Gasteiger partial charge in [-0.15, -0.1) is 0 Å². The zero-order valence-electron chi connectivity index (χ0n) is 10.4. The molecule has 0 aliphatic carbocycles. The van der Waals surface area contributed by atoms with Gasteiger partial charge in [-0.1, -0.05) is 60.7 Å². The Bertz CT molecular complexity index is 405. The molecule has 2 rings (SSSR count). The molecule has 94 valence electrons. The van der Waals surface area contributed by atoms with Crippen molar-refractivity contribution >= 4 is 0 Å². The van der Waals surface area contributed by atoms with Crippen molar-refractivity contribution in [3.63, 3.8) is 0 Å². The van der Waals surface area contributed by atoms with Crippen molar-refractivity contribution in [2.24, 2.45) is 0 Å². The van der Waals surface area contributed by atoms with E-state index in [2.05, 4.69) is 29.7 Å². The highest BCUT2D eigenvalue weighted by Crippen LogP contribution is 2.21. The first-order valence-corrected chi connectivity index (χ1v) is 5.88. The Labute approximate surface area is 107 Å². The van der Waals surface area contributed by atoms with Crippen molar-refractivity contribution in [3.8, 4) is 0 Å². The molecule has 2 aromatic carbocycles. The summed E-state index contributed by atoms with van der Waals surface area (Å²) in [4.78, 5) is 5.28. The molecule has 0 saturated heterocycles. The van der Waals surface area contributed by atoms with E-state index in [4.69, 9.17) is 9.57 Å². The molecule has 0 atom stereocenters. The van der Waals surface area contributed by atoms with Crippen LogP contribution < -0.4 is 5.48 Å². The lowest BCUT2D eigenvalue weighted by molar-refractivity contribution is -0.0904. The predicted molar refractivity (Wildman–Crippen MR) is 70.8 cm³/mol. The maximum Gasteiger partial charge on any atom is 0.166 e. The number of hydroxylamine groups is 1. The standard InChI is InChI=1S/C15H17NO2/c1-17-12-18-16-15(13-8-4-2-5-9-13)14-10-6-3-7-11-14/h2-11,15-16H,12H2,1H3. The normalized spacial score (nSPS) is 10.8. The first-order chi connectivity index (χ1) is 8.92. The van der Waals surface area contributed by atoms with Crippen LogP contribution in [0.1, 0.15) is 17.2 Å². The molecule has 0 aliphatic heterocycles. The van der Waals surface area contributed by atoms with E-state index in [0.29, 0.717) is 0 Å². The number of benzene rings is 2. The number of rotatable bonds is 6. The lowest BCUT2D eigenvalue weighted by atomic mass is 10.00. The van der Waals surface area contributed by atoms with Gasteiger partial charge in [-0.05, 0) is 11.1 Å². The Balaban J connectivity index is 2.18. The third-order valence-electron chi connectivity index (χ3n) is 2.64. The molecule has 18 heavy (non-hydrogen) atoms. The molecule has 3 heteroatoms. The fraction of sp³-hybridized carbons (Fsp3) is 0.200. The van der Waals surface area contributed by atoms with Crippen LogP contribution in [-0.2, 0) is 9.57 Å². The van der Waals surface area contributed by atoms with Crippen molar-refractivity contribution in [1.29, 1.82) is 0 Å². The number of ether oxygens (including phenoxy) is 1. The highest BCUT2D eigenvalue weighted by atomic mass is 16.7. The van der Waals surface area contributed by atoms with Crippen LogP contribution in [0.2, 0.25) is 0 Å². The highest BCUT2D eigenvalue weighted by molar-refractivity contribution is 5.30. The van der Waals surface area contributed by atoms with Gasteiger partial charge < -0.3 is 4.74 Å². The summed E-state index contributed by atoms with van der Waals surface area (Å²) in [7, 11) is 1.60. The van der Waals surface area contributed by atoms with Crippen LogP contribution in [0.3, 0.4) is 0 Å². The second kappa shape index (κ2) is 6.91. The van der Waals surface area contributed by atoms with Crippen LogP contribution in [0, 0.1) is 0 Å². The van der Waals surface area contributed by atoms with E-state index in [1.54, 1.807) is 7.11 Å². The summed E-state index contributed by atoms with van der Waals surface area (Å²) >= 11 is 0.